The number of carboxylic acid groups (broad SMARTS) is 1. The van der Waals surface area contributed by atoms with Gasteiger partial charge in [0, 0.05) is 113 Å². The number of methoxy groups -OCH3 is 2. The predicted molar refractivity (Wildman–Crippen MR) is 562 cm³/mol. The van der Waals surface area contributed by atoms with Crippen molar-refractivity contribution in [1.29, 1.82) is 0 Å². The topological polar surface area (TPSA) is 448 Å². The molecule has 0 spiro atoms. The maximum atomic E-state index is 13.9. The van der Waals surface area contributed by atoms with Crippen molar-refractivity contribution >= 4 is 226 Å². The van der Waals surface area contributed by atoms with Crippen LogP contribution in [0, 0.1) is 23.3 Å². The Morgan fingerprint density at radius 2 is 0.862 bits per heavy atom. The molecule has 5 atom stereocenters. The standard InChI is InChI=1S/C28H28F2N2O5.C21H26N2O4.C12H16N2.2C9H13BrO5.C7H3ClF2O.C6H12O3.C3H3BrO3.C3H7ClO2.ClH.3H2S/c1-27(2)15-32(25(33)16-9-10-20(29)21(30)11-16)12-19(24-23(27)18-7-5-6-8-22(18)31-24)26(34)35-13-17-14-36-28(3,4)37-17;1-20(2)12-22-9-15(18-17(20)14-7-5-6-8-16(14)23-18)19(24)25-10-13-11-26-21(3,4)27-13;1-12(2,8-13)10-7-14-11-6-4-3-5-9(10)11;2*1-9(2)14-5-6(15-9)4-13-8(12)7(11)3-10;8-7(11)4-1-2-5(9)6(10)3-4;1-6(2)8-4-5(3-7)9-6;4-1-2(5)3(6)7;1-5-3(4)6-2;;;;/h5-12,17,31H,13-15H2,1-4H3;5-9,13,22-23H,10-12H2,1-4H3;3-7,14H,8,13H2,1-2H3;2*6H,3-5H2,1-2H3;1-3H;5,7H,3-4H2,1-2H3;1H2,(H,6,7);3H,1-2H3;1H;3*1H2/t17-;;;;;;;;;;;;/m0............/s1. The summed E-state index contributed by atoms with van der Waals surface area (Å²) in [4.78, 5) is 125. The minimum absolute atomic E-state index is 0. The van der Waals surface area contributed by atoms with Crippen LogP contribution in [0.5, 0.6) is 0 Å². The molecule has 3 aromatic heterocycles. The van der Waals surface area contributed by atoms with Gasteiger partial charge in [0.05, 0.1) is 78.2 Å². The third kappa shape index (κ3) is 39.7. The van der Waals surface area contributed by atoms with E-state index in [-0.39, 0.29) is 173 Å². The summed E-state index contributed by atoms with van der Waals surface area (Å²) in [6.07, 6.45) is 3.84. The summed E-state index contributed by atoms with van der Waals surface area (Å²) in [5, 5.41) is 22.0. The minimum atomic E-state index is -1.39. The Balaban J connectivity index is 0.000000444. The summed E-state index contributed by atoms with van der Waals surface area (Å²) < 4.78 is 136. The predicted octanol–water partition coefficient (Wildman–Crippen LogP) is 15.8. The van der Waals surface area contributed by atoms with E-state index in [1.165, 1.54) is 47.9 Å². The van der Waals surface area contributed by atoms with Gasteiger partial charge in [-0.05, 0) is 152 Å². The molecule has 0 radical (unpaired) electrons. The first-order valence-corrected chi connectivity index (χ1v) is 48.3. The number of benzene rings is 5. The lowest BCUT2D eigenvalue weighted by molar-refractivity contribution is -0.161. The second-order valence-corrected chi connectivity index (χ2v) is 38.8. The molecule has 5 saturated heterocycles. The molecule has 1 amide bonds. The number of aromatic nitrogens is 3. The number of nitrogens with zero attached hydrogens (tertiary/aromatic N) is 1. The fourth-order valence-electron chi connectivity index (χ4n) is 14.5. The molecule has 806 valence electrons. The van der Waals surface area contributed by atoms with E-state index in [0.717, 1.165) is 75.5 Å². The minimum Gasteiger partial charge on any atom is -0.475 e. The van der Waals surface area contributed by atoms with Crippen LogP contribution in [0.15, 0.2) is 128 Å². The molecule has 10 heterocycles. The molecule has 34 nitrogen and oxygen atoms in total. The summed E-state index contributed by atoms with van der Waals surface area (Å²) in [6, 6.07) is 29.8. The third-order valence-electron chi connectivity index (χ3n) is 21.4. The zero-order chi connectivity index (χ0) is 105. The first-order chi connectivity index (χ1) is 66.0. The van der Waals surface area contributed by atoms with Gasteiger partial charge in [0.2, 0.25) is 23.1 Å². The number of carbonyl (C=O) groups is 10. The Morgan fingerprint density at radius 1 is 0.503 bits per heavy atom. The van der Waals surface area contributed by atoms with Gasteiger partial charge in [-0.25, -0.2) is 41.5 Å². The van der Waals surface area contributed by atoms with Gasteiger partial charge < -0.3 is 117 Å². The molecule has 8 N–H and O–H groups in total. The van der Waals surface area contributed by atoms with Gasteiger partial charge in [-0.3, -0.25) is 24.0 Å². The van der Waals surface area contributed by atoms with E-state index in [0.29, 0.717) is 44.2 Å². The van der Waals surface area contributed by atoms with Crippen molar-refractivity contribution in [3.8, 4) is 0 Å². The van der Waals surface area contributed by atoms with Gasteiger partial charge >= 0.3 is 29.8 Å². The van der Waals surface area contributed by atoms with Crippen LogP contribution in [0.3, 0.4) is 0 Å². The van der Waals surface area contributed by atoms with Crippen LogP contribution in [0.2, 0.25) is 0 Å². The molecule has 0 aliphatic carbocycles. The summed E-state index contributed by atoms with van der Waals surface area (Å²) >= 11 is 18.7. The van der Waals surface area contributed by atoms with Crippen molar-refractivity contribution in [2.75, 3.05) is 116 Å². The van der Waals surface area contributed by atoms with E-state index in [9.17, 15) is 65.5 Å². The van der Waals surface area contributed by atoms with Gasteiger partial charge in [-0.1, -0.05) is 156 Å². The number of rotatable bonds is 23. The number of H-pyrrole nitrogens is 3. The number of aliphatic hydroxyl groups is 1. The quantitative estimate of drug-likeness (QED) is 0.00595. The summed E-state index contributed by atoms with van der Waals surface area (Å²) in [5.74, 6) is -14.7. The van der Waals surface area contributed by atoms with E-state index in [1.807, 2.05) is 90.1 Å². The van der Waals surface area contributed by atoms with Crippen LogP contribution in [0.1, 0.15) is 160 Å². The number of nitrogens with one attached hydrogen (secondary N) is 4. The van der Waals surface area contributed by atoms with Crippen molar-refractivity contribution in [2.45, 2.75) is 192 Å². The number of hydrogen-bond acceptors (Lipinski definition) is 29. The van der Waals surface area contributed by atoms with Gasteiger partial charge in [-0.15, -0.1) is 12.4 Å². The molecule has 0 bridgehead atoms. The van der Waals surface area contributed by atoms with Crippen LogP contribution in [-0.4, -0.2) is 270 Å². The van der Waals surface area contributed by atoms with Crippen LogP contribution in [0.25, 0.3) is 43.9 Å². The monoisotopic (exact) mass is 2350 g/mol. The number of alkyl halides is 4. The number of hydrogen-bond donors (Lipinski definition) is 7. The van der Waals surface area contributed by atoms with Crippen molar-refractivity contribution in [2.24, 2.45) is 5.73 Å². The number of aromatic amines is 3. The van der Waals surface area contributed by atoms with Crippen LogP contribution in [0.4, 0.5) is 17.6 Å². The first-order valence-electron chi connectivity index (χ1n) is 44.1. The molecule has 5 aromatic carbocycles. The van der Waals surface area contributed by atoms with Crippen LogP contribution >= 0.6 is 124 Å². The number of halogens is 10. The molecule has 145 heavy (non-hydrogen) atoms. The number of aliphatic hydroxyl groups excluding tert-OH is 1. The van der Waals surface area contributed by atoms with Crippen molar-refractivity contribution in [3.63, 3.8) is 0 Å². The molecule has 7 aliphatic rings. The third-order valence-corrected chi connectivity index (χ3v) is 23.5. The van der Waals surface area contributed by atoms with Crippen molar-refractivity contribution in [3.05, 3.63) is 190 Å². The number of aliphatic carboxylic acids is 1. The number of carboxylic acids is 1. The maximum Gasteiger partial charge on any atom is 0.375 e. The molecule has 4 unspecified atom stereocenters. The van der Waals surface area contributed by atoms with E-state index in [1.54, 1.807) is 47.7 Å². The lowest BCUT2D eigenvalue weighted by Crippen LogP contribution is -2.37. The first kappa shape index (κ1) is 131. The highest BCUT2D eigenvalue weighted by Gasteiger charge is 2.43. The van der Waals surface area contributed by atoms with E-state index in [4.69, 9.17) is 105 Å². The van der Waals surface area contributed by atoms with E-state index >= 15 is 0 Å². The number of amides is 1. The molecule has 47 heteroatoms. The lowest BCUT2D eigenvalue weighted by Gasteiger charge is -2.29. The number of nitrogens with two attached hydrogens (primary N) is 1. The second kappa shape index (κ2) is 59.0. The fraction of sp³-hybridized carbons (Fsp3) is 0.490. The highest BCUT2D eigenvalue weighted by molar-refractivity contribution is 9.09. The maximum absolute atomic E-state index is 13.9. The molecule has 0 saturated carbocycles. The smallest absolute Gasteiger partial charge is 0.375 e. The largest absolute Gasteiger partial charge is 0.475 e. The fourth-order valence-corrected chi connectivity index (χ4v) is 15.3. The highest BCUT2D eigenvalue weighted by atomic mass is 79.9. The summed E-state index contributed by atoms with van der Waals surface area (Å²) in [7, 11) is 2.95. The van der Waals surface area contributed by atoms with E-state index < -0.39 is 122 Å². The zero-order valence-electron chi connectivity index (χ0n) is 83.2. The number of Topliss-reactive ketones (excluding diaryl/α,β-unsaturated/α-hetero) is 3. The number of esters is 4. The van der Waals surface area contributed by atoms with Gasteiger partial charge in [0.1, 0.15) is 56.9 Å². The van der Waals surface area contributed by atoms with Crippen molar-refractivity contribution < 1.29 is 152 Å². The Bertz CT molecular complexity index is 5700. The second-order valence-electron chi connectivity index (χ2n) is 36.4. The van der Waals surface area contributed by atoms with Gasteiger partial charge in [0.25, 0.3) is 11.1 Å². The Morgan fingerprint density at radius 3 is 1.21 bits per heavy atom. The SMILES string of the molecule is CC(C)(CN)c1c[nH]c2ccccc12.CC1(C)OCC(CO)O1.CC1(C)OCC(COC(=O)C(=O)CBr)O1.CC1(C)OCC(COC(=O)C(=O)CBr)O1.CC1(C)OCC(COC(=O)C2=CNCC(C)(C)c3c2[nH]c2ccccc32)O1.CC1(C)OC[C@H](COC(=O)C2=CN(C(=O)c3ccc(F)c(F)c3)CC(C)(C)c3c2[nH]c2ccccc32)O1.COC(Cl)OC.Cl.O=C(Cl)c1ccc(F)c(F)c1.O=C(O)C(=O)CBr.S.S.S. The van der Waals surface area contributed by atoms with Crippen molar-refractivity contribution in [1.82, 2.24) is 25.2 Å². The van der Waals surface area contributed by atoms with Crippen LogP contribution in [-0.2, 0) is 130 Å². The molecule has 5 fully saturated rings. The normalized spacial score (nSPS) is 19.2. The van der Waals surface area contributed by atoms with Crippen LogP contribution < -0.4 is 11.1 Å². The number of para-hydroxylation sites is 3. The number of ether oxygens (including phenoxy) is 16. The molecular formula is C98H128Br3Cl3F4N6O28S3. The molecular weight excluding hydrogens is 2230 g/mol. The van der Waals surface area contributed by atoms with Gasteiger partial charge in [0.15, 0.2) is 52.2 Å². The molecule has 8 aromatic rings. The Labute approximate surface area is 900 Å². The lowest BCUT2D eigenvalue weighted by atomic mass is 9.81. The molecule has 15 rings (SSSR count). The summed E-state index contributed by atoms with van der Waals surface area (Å²) in [5.41, 5.74) is 13.3. The number of fused-ring (bicyclic) bond motifs is 7. The number of carbonyl (C=O) groups excluding carboxylic acids is 9. The zero-order valence-corrected chi connectivity index (χ0v) is 93.3. The van der Waals surface area contributed by atoms with E-state index in [2.05, 4.69) is 136 Å². The average molecular weight is 2360 g/mol. The highest BCUT2D eigenvalue weighted by Crippen LogP contribution is 2.43. The van der Waals surface area contributed by atoms with Gasteiger partial charge in [-0.2, -0.15) is 40.5 Å². The Hall–Kier alpha value is -7.98. The Kier molecular flexibility index (Phi) is 53.4. The summed E-state index contributed by atoms with van der Waals surface area (Å²) in [6.45, 7) is 34.4. The number of ketones is 3. The molecule has 7 aliphatic heterocycles. The average Bonchev–Trinajstić information content (AvgIpc) is 1.58.